The second-order valence-electron chi connectivity index (χ2n) is 9.42. The molecule has 36 heavy (non-hydrogen) atoms. The quantitative estimate of drug-likeness (QED) is 0.505. The number of carbonyl (C=O) groups excluding carboxylic acids is 2. The molecule has 1 aliphatic heterocycles. The average Bonchev–Trinajstić information content (AvgIpc) is 2.82. The van der Waals surface area contributed by atoms with E-state index in [1.807, 2.05) is 13.0 Å². The largest absolute Gasteiger partial charge is 0.457 e. The maximum Gasteiger partial charge on any atom is 0.256 e. The molecule has 3 aromatic rings. The molecule has 0 saturated heterocycles. The number of nitrogens with one attached hydrogen (secondary N) is 1. The first-order valence-corrected chi connectivity index (χ1v) is 13.6. The van der Waals surface area contributed by atoms with E-state index in [0.717, 1.165) is 17.4 Å². The summed E-state index contributed by atoms with van der Waals surface area (Å²) < 4.78 is 29.7. The number of rotatable bonds is 7. The number of hydrogen-bond donors (Lipinski definition) is 1. The lowest BCUT2D eigenvalue weighted by Gasteiger charge is -2.31. The topological polar surface area (TPSA) is 106 Å². The average molecular weight is 508 g/mol. The van der Waals surface area contributed by atoms with E-state index >= 15 is 0 Å². The molecule has 8 nitrogen and oxygen atoms in total. The molecule has 0 bridgehead atoms. The van der Waals surface area contributed by atoms with Gasteiger partial charge in [0.2, 0.25) is 0 Å². The summed E-state index contributed by atoms with van der Waals surface area (Å²) in [5.41, 5.74) is 2.38. The third-order valence-corrected chi connectivity index (χ3v) is 6.97. The number of amides is 2. The second-order valence-corrected chi connectivity index (χ2v) is 11.4. The SMILES string of the molecule is Cc1ccc(NC(=O)c2cc(Oc3ccc(S(C)(=O)=O)cc3)c3c(c2)C(=O)N(CC(C)C)CC3)nc1. The molecule has 1 aliphatic rings. The monoisotopic (exact) mass is 507 g/mol. The lowest BCUT2D eigenvalue weighted by Crippen LogP contribution is -2.40. The molecule has 0 atom stereocenters. The van der Waals surface area contributed by atoms with Crippen LogP contribution >= 0.6 is 0 Å². The number of ether oxygens (including phenoxy) is 1. The van der Waals surface area contributed by atoms with E-state index in [4.69, 9.17) is 4.74 Å². The fourth-order valence-corrected chi connectivity index (χ4v) is 4.69. The fraction of sp³-hybridized carbons (Fsp3) is 0.296. The van der Waals surface area contributed by atoms with E-state index in [-0.39, 0.29) is 16.4 Å². The first-order valence-electron chi connectivity index (χ1n) is 11.7. The smallest absolute Gasteiger partial charge is 0.256 e. The van der Waals surface area contributed by atoms with Crippen LogP contribution in [0.4, 0.5) is 5.82 Å². The Morgan fingerprint density at radius 1 is 1.14 bits per heavy atom. The minimum Gasteiger partial charge on any atom is -0.457 e. The molecule has 2 heterocycles. The van der Waals surface area contributed by atoms with Crippen LogP contribution in [-0.4, -0.2) is 49.5 Å². The van der Waals surface area contributed by atoms with Crippen molar-refractivity contribution in [2.75, 3.05) is 24.7 Å². The summed E-state index contributed by atoms with van der Waals surface area (Å²) >= 11 is 0. The summed E-state index contributed by atoms with van der Waals surface area (Å²) in [5, 5.41) is 2.77. The minimum atomic E-state index is -3.35. The van der Waals surface area contributed by atoms with E-state index in [2.05, 4.69) is 24.1 Å². The van der Waals surface area contributed by atoms with Crippen molar-refractivity contribution >= 4 is 27.5 Å². The van der Waals surface area contributed by atoms with E-state index in [9.17, 15) is 18.0 Å². The van der Waals surface area contributed by atoms with Gasteiger partial charge in [0.25, 0.3) is 11.8 Å². The molecule has 2 amide bonds. The van der Waals surface area contributed by atoms with Crippen molar-refractivity contribution in [2.45, 2.75) is 32.1 Å². The number of aromatic nitrogens is 1. The molecule has 0 aliphatic carbocycles. The summed E-state index contributed by atoms with van der Waals surface area (Å²) in [6, 6.07) is 12.8. The fourth-order valence-electron chi connectivity index (χ4n) is 4.06. The van der Waals surface area contributed by atoms with Crippen molar-refractivity contribution < 1.29 is 22.7 Å². The highest BCUT2D eigenvalue weighted by molar-refractivity contribution is 7.90. The molecule has 0 saturated carbocycles. The summed E-state index contributed by atoms with van der Waals surface area (Å²) in [5.74, 6) is 0.928. The third-order valence-electron chi connectivity index (χ3n) is 5.84. The zero-order chi connectivity index (χ0) is 26.0. The van der Waals surface area contributed by atoms with Crippen molar-refractivity contribution in [1.82, 2.24) is 9.88 Å². The maximum absolute atomic E-state index is 13.3. The Morgan fingerprint density at radius 3 is 2.47 bits per heavy atom. The van der Waals surface area contributed by atoms with Gasteiger partial charge >= 0.3 is 0 Å². The molecular formula is C27H29N3O5S. The Kier molecular flexibility index (Phi) is 7.12. The molecule has 0 unspecified atom stereocenters. The third kappa shape index (κ3) is 5.73. The Hall–Kier alpha value is -3.72. The Balaban J connectivity index is 1.71. The van der Waals surface area contributed by atoms with Crippen LogP contribution < -0.4 is 10.1 Å². The summed E-state index contributed by atoms with van der Waals surface area (Å²) in [4.78, 5) is 32.6. The van der Waals surface area contributed by atoms with Crippen LogP contribution in [0, 0.1) is 12.8 Å². The van der Waals surface area contributed by atoms with Gasteiger partial charge in [0.1, 0.15) is 17.3 Å². The molecule has 1 N–H and O–H groups in total. The molecule has 2 aromatic carbocycles. The van der Waals surface area contributed by atoms with Crippen molar-refractivity contribution in [2.24, 2.45) is 5.92 Å². The van der Waals surface area contributed by atoms with E-state index in [1.165, 1.54) is 12.1 Å². The van der Waals surface area contributed by atoms with Crippen LogP contribution in [0.2, 0.25) is 0 Å². The number of anilines is 1. The normalized spacial score (nSPS) is 13.5. The van der Waals surface area contributed by atoms with Crippen molar-refractivity contribution in [3.05, 3.63) is 77.0 Å². The zero-order valence-electron chi connectivity index (χ0n) is 20.7. The van der Waals surface area contributed by atoms with Crippen molar-refractivity contribution in [3.63, 3.8) is 0 Å². The molecule has 0 fully saturated rings. The van der Waals surface area contributed by atoms with Crippen LogP contribution in [0.25, 0.3) is 0 Å². The van der Waals surface area contributed by atoms with E-state index in [0.29, 0.717) is 48.3 Å². The van der Waals surface area contributed by atoms with Gasteiger partial charge in [-0.05, 0) is 67.3 Å². The van der Waals surface area contributed by atoms with Gasteiger partial charge in [-0.2, -0.15) is 0 Å². The van der Waals surface area contributed by atoms with Gasteiger partial charge in [0.05, 0.1) is 4.90 Å². The lowest BCUT2D eigenvalue weighted by atomic mass is 9.94. The Labute approximate surface area is 211 Å². The molecule has 4 rings (SSSR count). The number of benzene rings is 2. The number of nitrogens with zero attached hydrogens (tertiary/aromatic N) is 2. The number of carbonyl (C=O) groups is 2. The van der Waals surface area contributed by atoms with Crippen molar-refractivity contribution in [1.29, 1.82) is 0 Å². The van der Waals surface area contributed by atoms with Gasteiger partial charge in [-0.3, -0.25) is 9.59 Å². The molecule has 188 valence electrons. The van der Waals surface area contributed by atoms with Crippen molar-refractivity contribution in [3.8, 4) is 11.5 Å². The van der Waals surface area contributed by atoms with Gasteiger partial charge < -0.3 is 15.0 Å². The van der Waals surface area contributed by atoms with Crippen LogP contribution in [0.1, 0.15) is 45.7 Å². The second kappa shape index (κ2) is 10.1. The number of pyridine rings is 1. The Bertz CT molecular complexity index is 1400. The van der Waals surface area contributed by atoms with Gasteiger partial charge in [-0.25, -0.2) is 13.4 Å². The first kappa shape index (κ1) is 25.4. The number of fused-ring (bicyclic) bond motifs is 1. The molecule has 1 aromatic heterocycles. The van der Waals surface area contributed by atoms with Gasteiger partial charge in [-0.15, -0.1) is 0 Å². The van der Waals surface area contributed by atoms with E-state index < -0.39 is 15.7 Å². The summed E-state index contributed by atoms with van der Waals surface area (Å²) in [7, 11) is -3.35. The molecule has 0 spiro atoms. The minimum absolute atomic E-state index is 0.148. The lowest BCUT2D eigenvalue weighted by molar-refractivity contribution is 0.0718. The maximum atomic E-state index is 13.3. The number of hydrogen-bond acceptors (Lipinski definition) is 6. The highest BCUT2D eigenvalue weighted by Gasteiger charge is 2.29. The predicted octanol–water partition coefficient (Wildman–Crippen LogP) is 4.49. The van der Waals surface area contributed by atoms with Crippen LogP contribution in [0.3, 0.4) is 0 Å². The van der Waals surface area contributed by atoms with Gasteiger partial charge in [0.15, 0.2) is 9.84 Å². The standard InChI is InChI=1S/C27H29N3O5S/c1-17(2)16-30-12-11-22-23(27(30)32)13-19(26(31)29-25-10-5-18(3)15-28-25)14-24(22)35-20-6-8-21(9-7-20)36(4,33)34/h5-10,13-15,17H,11-12,16H2,1-4H3,(H,28,29,31). The molecule has 9 heteroatoms. The predicted molar refractivity (Wildman–Crippen MR) is 137 cm³/mol. The number of aryl methyl sites for hydroxylation is 1. The first-order chi connectivity index (χ1) is 17.0. The highest BCUT2D eigenvalue weighted by atomic mass is 32.2. The highest BCUT2D eigenvalue weighted by Crippen LogP contribution is 2.34. The Morgan fingerprint density at radius 2 is 1.86 bits per heavy atom. The number of sulfone groups is 1. The summed E-state index contributed by atoms with van der Waals surface area (Å²) in [6.45, 7) is 7.17. The summed E-state index contributed by atoms with van der Waals surface area (Å²) in [6.07, 6.45) is 3.37. The zero-order valence-corrected chi connectivity index (χ0v) is 21.6. The van der Waals surface area contributed by atoms with E-state index in [1.54, 1.807) is 41.4 Å². The van der Waals surface area contributed by atoms with Crippen LogP contribution in [0.5, 0.6) is 11.5 Å². The molecular weight excluding hydrogens is 478 g/mol. The van der Waals surface area contributed by atoms with Gasteiger partial charge in [-0.1, -0.05) is 19.9 Å². The van der Waals surface area contributed by atoms with Crippen LogP contribution in [-0.2, 0) is 16.3 Å². The molecule has 0 radical (unpaired) electrons. The van der Waals surface area contributed by atoms with Gasteiger partial charge in [0, 0.05) is 42.2 Å². The van der Waals surface area contributed by atoms with Crippen LogP contribution in [0.15, 0.2) is 59.6 Å².